The number of pyridine rings is 1. The number of nitrogens with one attached hydrogen (secondary N) is 2. The number of hydrogen-bond acceptors (Lipinski definition) is 6. The van der Waals surface area contributed by atoms with Crippen molar-refractivity contribution in [2.45, 2.75) is 59.0 Å². The molecule has 9 heteroatoms. The van der Waals surface area contributed by atoms with Gasteiger partial charge in [0.1, 0.15) is 13.9 Å². The highest BCUT2D eigenvalue weighted by Gasteiger charge is 2.28. The molecule has 2 heterocycles. The van der Waals surface area contributed by atoms with E-state index in [1.54, 1.807) is 14.0 Å². The van der Waals surface area contributed by atoms with E-state index in [-0.39, 0.29) is 11.9 Å². The van der Waals surface area contributed by atoms with Crippen LogP contribution in [0, 0.1) is 0 Å². The van der Waals surface area contributed by atoms with E-state index >= 15 is 0 Å². The summed E-state index contributed by atoms with van der Waals surface area (Å²) in [5.41, 5.74) is 10.9. The average molecular weight is 443 g/mol. The van der Waals surface area contributed by atoms with Crippen molar-refractivity contribution < 1.29 is 14.7 Å². The van der Waals surface area contributed by atoms with Crippen LogP contribution in [0.1, 0.15) is 46.2 Å². The van der Waals surface area contributed by atoms with E-state index in [0.717, 1.165) is 42.0 Å². The van der Waals surface area contributed by atoms with Crippen molar-refractivity contribution in [1.29, 1.82) is 0 Å². The monoisotopic (exact) mass is 443 g/mol. The number of primary amides is 1. The summed E-state index contributed by atoms with van der Waals surface area (Å²) in [6, 6.07) is 9.26. The Morgan fingerprint density at radius 1 is 1.31 bits per heavy atom. The predicted octanol–water partition coefficient (Wildman–Crippen LogP) is 0.801. The van der Waals surface area contributed by atoms with Gasteiger partial charge < -0.3 is 16.2 Å². The second-order valence-electron chi connectivity index (χ2n) is 6.83. The summed E-state index contributed by atoms with van der Waals surface area (Å²) in [4.78, 5) is 27.2. The number of benzene rings is 1. The lowest BCUT2D eigenvalue weighted by Crippen LogP contribution is -2.59. The lowest BCUT2D eigenvalue weighted by molar-refractivity contribution is -0.140. The number of fused-ring (bicyclic) bond motifs is 1. The summed E-state index contributed by atoms with van der Waals surface area (Å²) in [7, 11) is 8.40. The van der Waals surface area contributed by atoms with Gasteiger partial charge in [0.2, 0.25) is 5.91 Å². The van der Waals surface area contributed by atoms with Crippen LogP contribution in [0.4, 0.5) is 0 Å². The van der Waals surface area contributed by atoms with Crippen LogP contribution in [-0.4, -0.2) is 67.5 Å². The van der Waals surface area contributed by atoms with Gasteiger partial charge in [-0.15, -0.1) is 0 Å². The highest BCUT2D eigenvalue weighted by Crippen LogP contribution is 2.10. The van der Waals surface area contributed by atoms with Crippen molar-refractivity contribution in [3.63, 3.8) is 0 Å². The van der Waals surface area contributed by atoms with Crippen LogP contribution in [0.25, 0.3) is 10.9 Å². The van der Waals surface area contributed by atoms with Crippen molar-refractivity contribution in [2.24, 2.45) is 5.73 Å². The molecule has 1 aliphatic heterocycles. The molecule has 0 spiro atoms. The Balaban J connectivity index is 0.000000523. The van der Waals surface area contributed by atoms with Crippen molar-refractivity contribution in [2.75, 3.05) is 20.7 Å². The third-order valence-electron chi connectivity index (χ3n) is 4.74. The molecule has 176 valence electrons. The van der Waals surface area contributed by atoms with E-state index in [1.165, 1.54) is 5.01 Å². The van der Waals surface area contributed by atoms with Gasteiger partial charge in [-0.25, -0.2) is 5.43 Å². The Hall–Kier alpha value is -2.49. The van der Waals surface area contributed by atoms with Gasteiger partial charge in [0.05, 0.1) is 11.6 Å². The van der Waals surface area contributed by atoms with Crippen molar-refractivity contribution >= 4 is 36.0 Å². The molecule has 1 aromatic carbocycles. The summed E-state index contributed by atoms with van der Waals surface area (Å²) in [6.45, 7) is 8.49. The highest BCUT2D eigenvalue weighted by molar-refractivity contribution is 6.33. The quantitative estimate of drug-likeness (QED) is 0.519. The minimum absolute atomic E-state index is 0.0662. The molecule has 32 heavy (non-hydrogen) atoms. The van der Waals surface area contributed by atoms with Crippen LogP contribution in [0.15, 0.2) is 30.3 Å². The minimum Gasteiger partial charge on any atom is -0.400 e. The first-order valence-corrected chi connectivity index (χ1v) is 11.0. The van der Waals surface area contributed by atoms with Gasteiger partial charge in [-0.1, -0.05) is 44.4 Å². The van der Waals surface area contributed by atoms with Crippen LogP contribution in [0.3, 0.4) is 0 Å². The molecule has 2 unspecified atom stereocenters. The smallest absolute Gasteiger partial charge is 0.253 e. The second-order valence-corrected chi connectivity index (χ2v) is 6.83. The number of aromatic nitrogens is 1. The van der Waals surface area contributed by atoms with Crippen LogP contribution < -0.4 is 21.9 Å². The van der Waals surface area contributed by atoms with E-state index in [0.29, 0.717) is 13.0 Å². The molecular formula is C23H38BN5O3. The maximum absolute atomic E-state index is 11.7. The maximum atomic E-state index is 11.7. The number of nitrogens with zero attached hydrogens (tertiary/aromatic N) is 2. The van der Waals surface area contributed by atoms with E-state index in [1.807, 2.05) is 32.0 Å². The number of carbonyl (C=O) groups excluding carboxylic acids is 2. The summed E-state index contributed by atoms with van der Waals surface area (Å²) < 4.78 is 0. The van der Waals surface area contributed by atoms with E-state index < -0.39 is 11.9 Å². The van der Waals surface area contributed by atoms with Crippen LogP contribution in [-0.2, 0) is 16.0 Å². The number of hydrogen-bond donors (Lipinski definition) is 4. The average Bonchev–Trinajstić information content (AvgIpc) is 2.85. The van der Waals surface area contributed by atoms with Crippen molar-refractivity contribution in [1.82, 2.24) is 20.7 Å². The van der Waals surface area contributed by atoms with Gasteiger partial charge >= 0.3 is 0 Å². The summed E-state index contributed by atoms with van der Waals surface area (Å²) >= 11 is 0. The lowest BCUT2D eigenvalue weighted by atomic mass is 9.95. The third-order valence-corrected chi connectivity index (χ3v) is 4.74. The zero-order chi connectivity index (χ0) is 24.7. The summed E-state index contributed by atoms with van der Waals surface area (Å²) in [5.74, 6) is -0.479. The molecule has 8 nitrogen and oxygen atoms in total. The number of nitrogens with two attached hydrogens (primary N) is 1. The van der Waals surface area contributed by atoms with Crippen LogP contribution in [0.5, 0.6) is 0 Å². The normalized spacial score (nSPS) is 15.7. The van der Waals surface area contributed by atoms with Gasteiger partial charge in [-0.2, -0.15) is 0 Å². The number of hydrazine groups is 1. The van der Waals surface area contributed by atoms with E-state index in [2.05, 4.69) is 34.8 Å². The molecule has 2 aromatic rings. The van der Waals surface area contributed by atoms with Crippen LogP contribution in [0.2, 0.25) is 0 Å². The van der Waals surface area contributed by atoms with Crippen molar-refractivity contribution in [3.05, 3.63) is 36.0 Å². The SMILES string of the molecule is CC.CNC(C)C(=O)N1CCCC(C(N)=O)N1.CO.[B]c1ccc2ccc(CC)nc2c1. The maximum Gasteiger partial charge on any atom is 0.253 e. The number of aliphatic hydroxyl groups excluding tert-OH is 1. The fourth-order valence-corrected chi connectivity index (χ4v) is 2.88. The summed E-state index contributed by atoms with van der Waals surface area (Å²) in [5, 5.41) is 12.5. The second kappa shape index (κ2) is 16.2. The predicted molar refractivity (Wildman–Crippen MR) is 132 cm³/mol. The largest absolute Gasteiger partial charge is 0.400 e. The first-order chi connectivity index (χ1) is 15.3. The number of likely N-dealkylation sites (N-methyl/N-ethyl adjacent to an activating group) is 1. The molecule has 1 aromatic heterocycles. The molecule has 2 radical (unpaired) electrons. The van der Waals surface area contributed by atoms with Gasteiger partial charge in [0.15, 0.2) is 0 Å². The molecular weight excluding hydrogens is 405 g/mol. The fraction of sp³-hybridized carbons (Fsp3) is 0.522. The van der Waals surface area contributed by atoms with Crippen LogP contribution >= 0.6 is 0 Å². The lowest BCUT2D eigenvalue weighted by Gasteiger charge is -2.33. The molecule has 5 N–H and O–H groups in total. The highest BCUT2D eigenvalue weighted by atomic mass is 16.2. The Kier molecular flexibility index (Phi) is 14.9. The zero-order valence-electron chi connectivity index (χ0n) is 20.2. The molecule has 0 aliphatic carbocycles. The Morgan fingerprint density at radius 3 is 2.50 bits per heavy atom. The first-order valence-electron chi connectivity index (χ1n) is 11.0. The number of rotatable bonds is 4. The molecule has 1 fully saturated rings. The van der Waals surface area contributed by atoms with E-state index in [4.69, 9.17) is 18.7 Å². The topological polar surface area (TPSA) is 121 Å². The standard InChI is InChI=1S/C11H10BN.C9H18N4O2.C2H6.CH4O/c1-2-10-6-4-8-3-5-9(12)7-11(8)13-10;1-6(11-2)9(15)13-5-3-4-7(12-13)8(10)14;2*1-2/h3-7H,2H2,1H3;6-7,11-12H,3-5H2,1-2H3,(H2,10,14);1-2H3;2H,1H3. The molecule has 1 aliphatic rings. The van der Waals surface area contributed by atoms with Crippen molar-refractivity contribution in [3.8, 4) is 0 Å². The first kappa shape index (κ1) is 29.5. The van der Waals surface area contributed by atoms with Gasteiger partial charge in [0.25, 0.3) is 5.91 Å². The molecule has 3 rings (SSSR count). The number of aliphatic hydroxyl groups is 1. The van der Waals surface area contributed by atoms with Gasteiger partial charge in [-0.05, 0) is 45.4 Å². The molecule has 0 bridgehead atoms. The third kappa shape index (κ3) is 9.34. The summed E-state index contributed by atoms with van der Waals surface area (Å²) in [6.07, 6.45) is 2.45. The Labute approximate surface area is 193 Å². The molecule has 0 saturated carbocycles. The molecule has 1 saturated heterocycles. The number of amides is 2. The molecule has 2 atom stereocenters. The number of carbonyl (C=O) groups is 2. The van der Waals surface area contributed by atoms with Gasteiger partial charge in [-0.3, -0.25) is 19.6 Å². The van der Waals surface area contributed by atoms with E-state index in [9.17, 15) is 9.59 Å². The zero-order valence-corrected chi connectivity index (χ0v) is 20.2. The minimum atomic E-state index is -0.424. The van der Waals surface area contributed by atoms with Gasteiger partial charge in [0, 0.05) is 24.7 Å². The Bertz CT molecular complexity index is 834. The molecule has 2 amide bonds. The fourth-order valence-electron chi connectivity index (χ4n) is 2.88. The Morgan fingerprint density at radius 2 is 1.94 bits per heavy atom. The number of aryl methyl sites for hydroxylation is 1.